The van der Waals surface area contributed by atoms with Crippen molar-refractivity contribution in [1.29, 1.82) is 21.0 Å². The third-order valence-electron chi connectivity index (χ3n) is 7.85. The average Bonchev–Trinajstić information content (AvgIpc) is 3.32. The van der Waals surface area contributed by atoms with E-state index in [-0.39, 0.29) is 23.7 Å². The van der Waals surface area contributed by atoms with Crippen LogP contribution in [-0.4, -0.2) is 25.4 Å². The number of benzene rings is 2. The van der Waals surface area contributed by atoms with Crippen LogP contribution >= 0.6 is 0 Å². The molecule has 1 heterocycles. The van der Waals surface area contributed by atoms with Gasteiger partial charge in [-0.25, -0.2) is 8.42 Å². The summed E-state index contributed by atoms with van der Waals surface area (Å²) in [6.07, 6.45) is -0.298. The molecule has 0 radical (unpaired) electrons. The molecular weight excluding hydrogens is 510 g/mol. The van der Waals surface area contributed by atoms with E-state index in [4.69, 9.17) is 4.74 Å². The highest BCUT2D eigenvalue weighted by atomic mass is 32.2. The maximum atomic E-state index is 14.5. The van der Waals surface area contributed by atoms with E-state index in [9.17, 15) is 29.5 Å². The van der Waals surface area contributed by atoms with E-state index in [2.05, 4.69) is 12.1 Å². The van der Waals surface area contributed by atoms with Crippen molar-refractivity contribution >= 4 is 10.0 Å². The van der Waals surface area contributed by atoms with Gasteiger partial charge in [-0.2, -0.15) is 25.4 Å². The van der Waals surface area contributed by atoms with Crippen LogP contribution in [0.4, 0.5) is 0 Å². The van der Waals surface area contributed by atoms with Gasteiger partial charge in [-0.15, -0.1) is 0 Å². The highest BCUT2D eigenvalue weighted by molar-refractivity contribution is 7.89. The minimum Gasteiger partial charge on any atom is -0.498 e. The maximum Gasteiger partial charge on any atom is 0.244 e. The fourth-order valence-electron chi connectivity index (χ4n) is 6.09. The molecule has 0 bridgehead atoms. The second kappa shape index (κ2) is 10.2. The summed E-state index contributed by atoms with van der Waals surface area (Å²) in [5, 5.41) is 41.8. The molecule has 39 heavy (non-hydrogen) atoms. The minimum atomic E-state index is -4.20. The Kier molecular flexibility index (Phi) is 7.29. The van der Waals surface area contributed by atoms with Gasteiger partial charge in [0.15, 0.2) is 10.8 Å². The number of nitrogens with zero attached hydrogens (tertiary/aromatic N) is 5. The van der Waals surface area contributed by atoms with Crippen LogP contribution in [0.3, 0.4) is 0 Å². The standard InChI is InChI=1S/C30H29N5O3S/c1-5-38-24-15-29(16-31,17-32)30(18-33,19-34)26-25(24)28(22-9-7-6-8-10-22)35(27(26)20(2)3)39(36,37)23-13-11-21(4)12-14-23/h6-14,20,26-28H,5,15H2,1-4H3/t26-,27+,28-/m0/s1. The van der Waals surface area contributed by atoms with Gasteiger partial charge in [0.25, 0.3) is 0 Å². The normalized spacial score (nSPS) is 23.7. The first-order valence-corrected chi connectivity index (χ1v) is 14.2. The molecule has 2 aliphatic rings. The molecule has 0 amide bonds. The van der Waals surface area contributed by atoms with E-state index in [0.29, 0.717) is 11.1 Å². The smallest absolute Gasteiger partial charge is 0.244 e. The third kappa shape index (κ3) is 3.98. The van der Waals surface area contributed by atoms with Crippen LogP contribution in [0.25, 0.3) is 0 Å². The highest BCUT2D eigenvalue weighted by Gasteiger charge is 2.71. The van der Waals surface area contributed by atoms with Gasteiger partial charge in [0.2, 0.25) is 10.0 Å². The van der Waals surface area contributed by atoms with E-state index in [1.807, 2.05) is 39.0 Å². The summed E-state index contributed by atoms with van der Waals surface area (Å²) >= 11 is 0. The molecule has 1 aliphatic carbocycles. The number of allylic oxidation sites excluding steroid dienone is 1. The molecule has 0 saturated carbocycles. The third-order valence-corrected chi connectivity index (χ3v) is 9.73. The van der Waals surface area contributed by atoms with Gasteiger partial charge in [-0.1, -0.05) is 61.9 Å². The van der Waals surface area contributed by atoms with Crippen LogP contribution in [0.1, 0.15) is 44.4 Å². The summed E-state index contributed by atoms with van der Waals surface area (Å²) in [7, 11) is -4.20. The van der Waals surface area contributed by atoms with Gasteiger partial charge in [0, 0.05) is 18.4 Å². The van der Waals surface area contributed by atoms with Gasteiger partial charge in [-0.05, 0) is 43.0 Å². The number of hydrogen-bond acceptors (Lipinski definition) is 7. The molecule has 1 fully saturated rings. The second-order valence-corrected chi connectivity index (χ2v) is 12.2. The number of aryl methyl sites for hydroxylation is 1. The number of ether oxygens (including phenoxy) is 1. The number of sulfonamides is 1. The molecule has 0 N–H and O–H groups in total. The number of hydrogen-bond donors (Lipinski definition) is 0. The Bertz CT molecular complexity index is 1540. The Morgan fingerprint density at radius 3 is 2.05 bits per heavy atom. The molecule has 2 aromatic carbocycles. The van der Waals surface area contributed by atoms with Crippen molar-refractivity contribution in [3.63, 3.8) is 0 Å². The van der Waals surface area contributed by atoms with Crippen LogP contribution in [0, 0.1) is 74.9 Å². The van der Waals surface area contributed by atoms with E-state index < -0.39 is 44.8 Å². The van der Waals surface area contributed by atoms with Crippen molar-refractivity contribution in [3.8, 4) is 24.3 Å². The van der Waals surface area contributed by atoms with Crippen molar-refractivity contribution in [1.82, 2.24) is 4.31 Å². The Morgan fingerprint density at radius 2 is 1.56 bits per heavy atom. The fraction of sp³-hybridized carbons (Fsp3) is 0.400. The predicted octanol–water partition coefficient (Wildman–Crippen LogP) is 5.14. The van der Waals surface area contributed by atoms with Crippen molar-refractivity contribution in [3.05, 3.63) is 77.1 Å². The van der Waals surface area contributed by atoms with Crippen molar-refractivity contribution in [2.45, 2.75) is 51.1 Å². The molecule has 2 aromatic rings. The van der Waals surface area contributed by atoms with Crippen LogP contribution in [-0.2, 0) is 14.8 Å². The fourth-order valence-corrected chi connectivity index (χ4v) is 8.01. The molecule has 0 unspecified atom stereocenters. The van der Waals surface area contributed by atoms with Crippen molar-refractivity contribution in [2.24, 2.45) is 22.7 Å². The first-order chi connectivity index (χ1) is 18.6. The second-order valence-electron chi connectivity index (χ2n) is 10.3. The van der Waals surface area contributed by atoms with Gasteiger partial charge >= 0.3 is 0 Å². The highest BCUT2D eigenvalue weighted by Crippen LogP contribution is 2.65. The topological polar surface area (TPSA) is 142 Å². The molecule has 4 rings (SSSR count). The van der Waals surface area contributed by atoms with E-state index in [1.165, 1.54) is 4.31 Å². The SMILES string of the molecule is CCOC1=C2[C@H](c3ccccc3)N(S(=O)(=O)c3ccc(C)cc3)[C@H](C(C)C)[C@H]2C(C#N)(C#N)C(C#N)(C#N)C1. The molecule has 198 valence electrons. The number of rotatable bonds is 6. The lowest BCUT2D eigenvalue weighted by molar-refractivity contribution is 0.1000. The van der Waals surface area contributed by atoms with Crippen molar-refractivity contribution in [2.75, 3.05) is 6.61 Å². The summed E-state index contributed by atoms with van der Waals surface area (Å²) in [5.74, 6) is -1.20. The van der Waals surface area contributed by atoms with Gasteiger partial charge in [0.1, 0.15) is 5.76 Å². The molecule has 1 aliphatic heterocycles. The monoisotopic (exact) mass is 539 g/mol. The first-order valence-electron chi connectivity index (χ1n) is 12.7. The zero-order valence-electron chi connectivity index (χ0n) is 22.3. The molecule has 8 nitrogen and oxygen atoms in total. The Morgan fingerprint density at radius 1 is 0.974 bits per heavy atom. The maximum absolute atomic E-state index is 14.5. The molecular formula is C30H29N5O3S. The van der Waals surface area contributed by atoms with E-state index in [0.717, 1.165) is 5.56 Å². The summed E-state index contributed by atoms with van der Waals surface area (Å²) in [5.41, 5.74) is -2.22. The zero-order valence-corrected chi connectivity index (χ0v) is 23.1. The van der Waals surface area contributed by atoms with Gasteiger partial charge < -0.3 is 4.74 Å². The molecule has 0 aromatic heterocycles. The van der Waals surface area contributed by atoms with E-state index in [1.54, 1.807) is 55.5 Å². The predicted molar refractivity (Wildman–Crippen MR) is 142 cm³/mol. The average molecular weight is 540 g/mol. The molecule has 3 atom stereocenters. The summed E-state index contributed by atoms with van der Waals surface area (Å²) in [6, 6.07) is 21.8. The lowest BCUT2D eigenvalue weighted by atomic mass is 9.51. The van der Waals surface area contributed by atoms with Crippen LogP contribution < -0.4 is 0 Å². The Balaban J connectivity index is 2.18. The summed E-state index contributed by atoms with van der Waals surface area (Å²) < 4.78 is 36.4. The zero-order chi connectivity index (χ0) is 28.6. The minimum absolute atomic E-state index is 0.0724. The van der Waals surface area contributed by atoms with Crippen LogP contribution in [0.5, 0.6) is 0 Å². The lowest BCUT2D eigenvalue weighted by Crippen LogP contribution is -2.53. The lowest BCUT2D eigenvalue weighted by Gasteiger charge is -2.44. The first kappa shape index (κ1) is 27.9. The Labute approximate surface area is 230 Å². The quantitative estimate of drug-likeness (QED) is 0.494. The summed E-state index contributed by atoms with van der Waals surface area (Å²) in [6.45, 7) is 7.46. The van der Waals surface area contributed by atoms with Gasteiger partial charge in [0.05, 0.1) is 41.8 Å². The molecule has 1 saturated heterocycles. The largest absolute Gasteiger partial charge is 0.498 e. The molecule has 0 spiro atoms. The Hall–Kier alpha value is -4.15. The summed E-state index contributed by atoms with van der Waals surface area (Å²) in [4.78, 5) is 0.0724. The van der Waals surface area contributed by atoms with Crippen LogP contribution in [0.2, 0.25) is 0 Å². The number of nitriles is 4. The van der Waals surface area contributed by atoms with Crippen molar-refractivity contribution < 1.29 is 13.2 Å². The van der Waals surface area contributed by atoms with Crippen LogP contribution in [0.15, 0.2) is 70.8 Å². The van der Waals surface area contributed by atoms with E-state index >= 15 is 0 Å². The molecule has 9 heteroatoms. The number of fused-ring (bicyclic) bond motifs is 1. The van der Waals surface area contributed by atoms with Gasteiger partial charge in [-0.3, -0.25) is 0 Å².